The Morgan fingerprint density at radius 2 is 1.86 bits per heavy atom. The predicted octanol–water partition coefficient (Wildman–Crippen LogP) is -1.92. The molecule has 14 heavy (non-hydrogen) atoms. The number of carboxylic acid groups (broad SMARTS) is 1. The molecule has 0 bridgehead atoms. The molecular weight excluding hydrogens is 190 g/mol. The molecule has 1 unspecified atom stereocenters. The number of aliphatic hydroxyl groups is 1. The molecule has 0 aliphatic rings. The summed E-state index contributed by atoms with van der Waals surface area (Å²) in [6.45, 7) is 0.212. The SMILES string of the molecule is NC(CCNC(=O)NCCO)C(=O)O. The van der Waals surface area contributed by atoms with Crippen LogP contribution in [0.1, 0.15) is 6.42 Å². The summed E-state index contributed by atoms with van der Waals surface area (Å²) in [7, 11) is 0. The van der Waals surface area contributed by atoms with Gasteiger partial charge in [-0.25, -0.2) is 4.79 Å². The van der Waals surface area contributed by atoms with E-state index in [4.69, 9.17) is 15.9 Å². The van der Waals surface area contributed by atoms with Crippen LogP contribution >= 0.6 is 0 Å². The zero-order valence-electron chi connectivity index (χ0n) is 7.69. The maximum Gasteiger partial charge on any atom is 0.320 e. The molecule has 0 aliphatic carbocycles. The average Bonchev–Trinajstić information content (AvgIpc) is 2.14. The van der Waals surface area contributed by atoms with Gasteiger partial charge in [-0.05, 0) is 6.42 Å². The lowest BCUT2D eigenvalue weighted by Crippen LogP contribution is -2.40. The fourth-order valence-corrected chi connectivity index (χ4v) is 0.697. The van der Waals surface area contributed by atoms with Crippen LogP contribution in [0.2, 0.25) is 0 Å². The third kappa shape index (κ3) is 6.21. The number of hydrogen-bond donors (Lipinski definition) is 5. The van der Waals surface area contributed by atoms with E-state index in [1.165, 1.54) is 0 Å². The minimum Gasteiger partial charge on any atom is -0.480 e. The third-order valence-corrected chi connectivity index (χ3v) is 1.46. The Balaban J connectivity index is 3.44. The van der Waals surface area contributed by atoms with Gasteiger partial charge >= 0.3 is 12.0 Å². The number of urea groups is 1. The summed E-state index contributed by atoms with van der Waals surface area (Å²) < 4.78 is 0. The highest BCUT2D eigenvalue weighted by Gasteiger charge is 2.10. The van der Waals surface area contributed by atoms with Crippen molar-refractivity contribution in [2.24, 2.45) is 5.73 Å². The number of hydrogen-bond acceptors (Lipinski definition) is 4. The predicted molar refractivity (Wildman–Crippen MR) is 48.7 cm³/mol. The lowest BCUT2D eigenvalue weighted by molar-refractivity contribution is -0.138. The lowest BCUT2D eigenvalue weighted by Gasteiger charge is -2.08. The van der Waals surface area contributed by atoms with E-state index in [9.17, 15) is 9.59 Å². The number of carbonyl (C=O) groups is 2. The molecule has 0 aromatic heterocycles. The molecule has 0 aromatic rings. The minimum absolute atomic E-state index is 0.137. The van der Waals surface area contributed by atoms with Crippen molar-refractivity contribution in [2.45, 2.75) is 12.5 Å². The van der Waals surface area contributed by atoms with Crippen molar-refractivity contribution < 1.29 is 19.8 Å². The number of carboxylic acids is 1. The summed E-state index contributed by atoms with van der Waals surface area (Å²) in [6, 6.07) is -1.41. The molecule has 0 saturated heterocycles. The number of carbonyl (C=O) groups excluding carboxylic acids is 1. The van der Waals surface area contributed by atoms with Crippen molar-refractivity contribution in [2.75, 3.05) is 19.7 Å². The van der Waals surface area contributed by atoms with Gasteiger partial charge < -0.3 is 26.6 Å². The first-order valence-corrected chi connectivity index (χ1v) is 4.19. The van der Waals surface area contributed by atoms with E-state index >= 15 is 0 Å². The Bertz CT molecular complexity index is 197. The van der Waals surface area contributed by atoms with E-state index in [1.54, 1.807) is 0 Å². The van der Waals surface area contributed by atoms with Crippen molar-refractivity contribution in [1.82, 2.24) is 10.6 Å². The van der Waals surface area contributed by atoms with Crippen LogP contribution in [-0.2, 0) is 4.79 Å². The Morgan fingerprint density at radius 1 is 1.29 bits per heavy atom. The topological polar surface area (TPSA) is 125 Å². The molecule has 0 heterocycles. The first-order valence-electron chi connectivity index (χ1n) is 4.19. The molecule has 0 saturated carbocycles. The van der Waals surface area contributed by atoms with Gasteiger partial charge in [-0.3, -0.25) is 4.79 Å². The van der Waals surface area contributed by atoms with Gasteiger partial charge in [-0.2, -0.15) is 0 Å². The van der Waals surface area contributed by atoms with Gasteiger partial charge in [0.1, 0.15) is 6.04 Å². The highest BCUT2D eigenvalue weighted by Crippen LogP contribution is 1.85. The second-order valence-corrected chi connectivity index (χ2v) is 2.64. The van der Waals surface area contributed by atoms with Gasteiger partial charge in [0.05, 0.1) is 6.61 Å². The molecule has 7 nitrogen and oxygen atoms in total. The van der Waals surface area contributed by atoms with Crippen LogP contribution in [0.5, 0.6) is 0 Å². The van der Waals surface area contributed by atoms with E-state index in [2.05, 4.69) is 10.6 Å². The van der Waals surface area contributed by atoms with Crippen molar-refractivity contribution in [3.63, 3.8) is 0 Å². The van der Waals surface area contributed by atoms with Crippen LogP contribution in [0.25, 0.3) is 0 Å². The van der Waals surface area contributed by atoms with Crippen molar-refractivity contribution >= 4 is 12.0 Å². The summed E-state index contributed by atoms with van der Waals surface area (Å²) in [4.78, 5) is 21.1. The number of amides is 2. The quantitative estimate of drug-likeness (QED) is 0.345. The summed E-state index contributed by atoms with van der Waals surface area (Å²) in [6.07, 6.45) is 0.169. The van der Waals surface area contributed by atoms with Crippen molar-refractivity contribution in [3.8, 4) is 0 Å². The van der Waals surface area contributed by atoms with E-state index in [0.29, 0.717) is 0 Å². The maximum absolute atomic E-state index is 10.8. The van der Waals surface area contributed by atoms with Gasteiger partial charge in [-0.1, -0.05) is 0 Å². The molecule has 2 amide bonds. The molecule has 1 atom stereocenters. The van der Waals surface area contributed by atoms with Gasteiger partial charge in [-0.15, -0.1) is 0 Å². The van der Waals surface area contributed by atoms with Crippen LogP contribution in [0, 0.1) is 0 Å². The van der Waals surface area contributed by atoms with Gasteiger partial charge in [0.25, 0.3) is 0 Å². The van der Waals surface area contributed by atoms with Crippen LogP contribution in [-0.4, -0.2) is 48.0 Å². The summed E-state index contributed by atoms with van der Waals surface area (Å²) >= 11 is 0. The number of aliphatic carboxylic acids is 1. The zero-order valence-corrected chi connectivity index (χ0v) is 7.69. The van der Waals surface area contributed by atoms with Crippen molar-refractivity contribution in [3.05, 3.63) is 0 Å². The Morgan fingerprint density at radius 3 is 2.36 bits per heavy atom. The van der Waals surface area contributed by atoms with Crippen molar-refractivity contribution in [1.29, 1.82) is 0 Å². The Kier molecular flexibility index (Phi) is 6.42. The average molecular weight is 205 g/mol. The molecule has 0 rings (SSSR count). The molecule has 7 heteroatoms. The highest BCUT2D eigenvalue weighted by atomic mass is 16.4. The molecule has 6 N–H and O–H groups in total. The molecule has 0 aliphatic heterocycles. The normalized spacial score (nSPS) is 11.9. The van der Waals surface area contributed by atoms with Gasteiger partial charge in [0.2, 0.25) is 0 Å². The van der Waals surface area contributed by atoms with E-state index < -0.39 is 18.0 Å². The number of rotatable bonds is 6. The van der Waals surface area contributed by atoms with E-state index in [1.807, 2.05) is 0 Å². The summed E-state index contributed by atoms with van der Waals surface area (Å²) in [5.41, 5.74) is 5.19. The fraction of sp³-hybridized carbons (Fsp3) is 0.714. The van der Waals surface area contributed by atoms with Gasteiger partial charge in [0.15, 0.2) is 0 Å². The van der Waals surface area contributed by atoms with Gasteiger partial charge in [0, 0.05) is 13.1 Å². The minimum atomic E-state index is -1.09. The lowest BCUT2D eigenvalue weighted by atomic mass is 10.2. The third-order valence-electron chi connectivity index (χ3n) is 1.46. The first kappa shape index (κ1) is 12.7. The van der Waals surface area contributed by atoms with Crippen LogP contribution in [0.15, 0.2) is 0 Å². The molecule has 0 radical (unpaired) electrons. The van der Waals surface area contributed by atoms with E-state index in [-0.39, 0.29) is 26.1 Å². The number of aliphatic hydroxyl groups excluding tert-OH is 1. The Labute approximate surface area is 81.3 Å². The van der Waals surface area contributed by atoms with Crippen LogP contribution < -0.4 is 16.4 Å². The standard InChI is InChI=1S/C7H15N3O4/c8-5(6(12)13)1-2-9-7(14)10-3-4-11/h5,11H,1-4,8H2,(H,12,13)(H2,9,10,14). The highest BCUT2D eigenvalue weighted by molar-refractivity contribution is 5.74. The van der Waals surface area contributed by atoms with E-state index in [0.717, 1.165) is 0 Å². The molecule has 0 spiro atoms. The molecular formula is C7H15N3O4. The first-order chi connectivity index (χ1) is 6.57. The fourth-order valence-electron chi connectivity index (χ4n) is 0.697. The molecule has 0 aromatic carbocycles. The maximum atomic E-state index is 10.8. The number of nitrogens with one attached hydrogen (secondary N) is 2. The number of nitrogens with two attached hydrogens (primary N) is 1. The second kappa shape index (κ2) is 7.10. The molecule has 0 fully saturated rings. The van der Waals surface area contributed by atoms with Crippen LogP contribution in [0.4, 0.5) is 4.79 Å². The zero-order chi connectivity index (χ0) is 11.0. The second-order valence-electron chi connectivity index (χ2n) is 2.64. The Hall–Kier alpha value is -1.34. The summed E-state index contributed by atoms with van der Waals surface area (Å²) in [5, 5.41) is 21.5. The monoisotopic (exact) mass is 205 g/mol. The molecule has 82 valence electrons. The smallest absolute Gasteiger partial charge is 0.320 e. The van der Waals surface area contributed by atoms with Crippen LogP contribution in [0.3, 0.4) is 0 Å². The summed E-state index contributed by atoms with van der Waals surface area (Å²) in [5.74, 6) is -1.09. The largest absolute Gasteiger partial charge is 0.480 e.